The van der Waals surface area contributed by atoms with E-state index in [0.717, 1.165) is 32.8 Å². The summed E-state index contributed by atoms with van der Waals surface area (Å²) in [5, 5.41) is 5.13. The van der Waals surface area contributed by atoms with Crippen molar-refractivity contribution in [1.82, 2.24) is 15.5 Å². The lowest BCUT2D eigenvalue weighted by Gasteiger charge is -2.42. The molecular weight excluding hydrogens is 498 g/mol. The predicted molar refractivity (Wildman–Crippen MR) is 121 cm³/mol. The molecule has 0 aromatic heterocycles. The SMILES string of the molecule is COC(=O)C1=C[C@H](NC(=O)CN(C)C=O)[C@@H](NC(C)=O)[C@@H]([C@@H](OC(C)=O)[C@@H](COC(C)=O)OC(C)=O)O1. The smallest absolute Gasteiger partial charge is 0.373 e. The van der Waals surface area contributed by atoms with Gasteiger partial charge in [-0.15, -0.1) is 0 Å². The van der Waals surface area contributed by atoms with Crippen molar-refractivity contribution in [2.24, 2.45) is 0 Å². The molecule has 2 N–H and O–H groups in total. The number of hydrogen-bond acceptors (Lipinski definition) is 12. The number of nitrogens with zero attached hydrogens (tertiary/aromatic N) is 1. The van der Waals surface area contributed by atoms with Crippen LogP contribution in [0.25, 0.3) is 0 Å². The minimum Gasteiger partial charge on any atom is -0.477 e. The highest BCUT2D eigenvalue weighted by atomic mass is 16.6. The van der Waals surface area contributed by atoms with Gasteiger partial charge in [0.05, 0.1) is 25.7 Å². The zero-order valence-corrected chi connectivity index (χ0v) is 21.3. The molecule has 0 spiro atoms. The largest absolute Gasteiger partial charge is 0.477 e. The molecule has 5 atom stereocenters. The topological polar surface area (TPSA) is 193 Å². The molecule has 37 heavy (non-hydrogen) atoms. The Kier molecular flexibility index (Phi) is 12.0. The Balaban J connectivity index is 3.61. The van der Waals surface area contributed by atoms with Crippen molar-refractivity contribution in [2.45, 2.75) is 58.1 Å². The molecule has 15 heteroatoms. The summed E-state index contributed by atoms with van der Waals surface area (Å²) in [6.45, 7) is 3.44. The van der Waals surface area contributed by atoms with Gasteiger partial charge in [-0.3, -0.25) is 28.8 Å². The summed E-state index contributed by atoms with van der Waals surface area (Å²) < 4.78 is 26.0. The van der Waals surface area contributed by atoms with Gasteiger partial charge in [-0.05, 0) is 6.08 Å². The Morgan fingerprint density at radius 1 is 1.03 bits per heavy atom. The number of carbonyl (C=O) groups excluding carboxylic acids is 7. The highest BCUT2D eigenvalue weighted by Gasteiger charge is 2.48. The molecule has 1 rings (SSSR count). The van der Waals surface area contributed by atoms with E-state index in [-0.39, 0.29) is 6.54 Å². The molecule has 1 aliphatic heterocycles. The van der Waals surface area contributed by atoms with Crippen LogP contribution in [0, 0.1) is 0 Å². The predicted octanol–water partition coefficient (Wildman–Crippen LogP) is -2.05. The summed E-state index contributed by atoms with van der Waals surface area (Å²) in [7, 11) is 2.43. The van der Waals surface area contributed by atoms with Crippen LogP contribution in [0.4, 0.5) is 0 Å². The van der Waals surface area contributed by atoms with Crippen molar-refractivity contribution in [1.29, 1.82) is 0 Å². The van der Waals surface area contributed by atoms with E-state index in [1.165, 1.54) is 20.0 Å². The van der Waals surface area contributed by atoms with Crippen LogP contribution < -0.4 is 10.6 Å². The fourth-order valence-electron chi connectivity index (χ4n) is 3.41. The fourth-order valence-corrected chi connectivity index (χ4v) is 3.41. The molecule has 0 aliphatic carbocycles. The van der Waals surface area contributed by atoms with Gasteiger partial charge in [0.1, 0.15) is 6.61 Å². The summed E-state index contributed by atoms with van der Waals surface area (Å²) in [6.07, 6.45) is -2.88. The summed E-state index contributed by atoms with van der Waals surface area (Å²) in [4.78, 5) is 84.2. The minimum atomic E-state index is -1.55. The number of nitrogens with one attached hydrogen (secondary N) is 2. The van der Waals surface area contributed by atoms with Crippen molar-refractivity contribution >= 4 is 42.1 Å². The molecule has 0 unspecified atom stereocenters. The molecule has 0 aromatic carbocycles. The van der Waals surface area contributed by atoms with Gasteiger partial charge in [0.25, 0.3) is 0 Å². The van der Waals surface area contributed by atoms with E-state index in [2.05, 4.69) is 10.6 Å². The van der Waals surface area contributed by atoms with Gasteiger partial charge < -0.3 is 39.2 Å². The molecule has 1 aliphatic rings. The maximum absolute atomic E-state index is 12.5. The number of amides is 3. The summed E-state index contributed by atoms with van der Waals surface area (Å²) in [5.41, 5.74) is 0. The highest BCUT2D eigenvalue weighted by Crippen LogP contribution is 2.27. The van der Waals surface area contributed by atoms with Gasteiger partial charge in [-0.1, -0.05) is 0 Å². The second-order valence-electron chi connectivity index (χ2n) is 7.97. The third-order valence-corrected chi connectivity index (χ3v) is 4.75. The lowest BCUT2D eigenvalue weighted by molar-refractivity contribution is -0.188. The number of esters is 4. The van der Waals surface area contributed by atoms with Gasteiger partial charge in [-0.2, -0.15) is 0 Å². The first-order valence-electron chi connectivity index (χ1n) is 11.0. The summed E-state index contributed by atoms with van der Waals surface area (Å²) >= 11 is 0. The van der Waals surface area contributed by atoms with E-state index < -0.39 is 78.5 Å². The summed E-state index contributed by atoms with van der Waals surface area (Å²) in [6, 6.07) is -2.37. The zero-order chi connectivity index (χ0) is 28.3. The normalized spacial score (nSPS) is 19.9. The van der Waals surface area contributed by atoms with Crippen LogP contribution in [0.5, 0.6) is 0 Å². The first-order chi connectivity index (χ1) is 17.3. The maximum atomic E-state index is 12.5. The van der Waals surface area contributed by atoms with Crippen molar-refractivity contribution in [3.05, 3.63) is 11.8 Å². The molecule has 0 fully saturated rings. The Bertz CT molecular complexity index is 934. The molecule has 1 heterocycles. The number of methoxy groups -OCH3 is 1. The number of rotatable bonds is 12. The van der Waals surface area contributed by atoms with Gasteiger partial charge in [0.2, 0.25) is 24.0 Å². The molecule has 0 saturated heterocycles. The monoisotopic (exact) mass is 529 g/mol. The van der Waals surface area contributed by atoms with E-state index in [9.17, 15) is 33.6 Å². The standard InChI is InChI=1S/C22H31N3O12/c1-11(27)23-19-15(24-18(31)8-25(5)10-26)7-16(22(32)33-6)37-21(19)20(36-14(4)30)17(35-13(3)29)9-34-12(2)28/h7,10,15,17,19-21H,8-9H2,1-6H3,(H,23,27)(H,24,31)/t15-,17+,19+,20-,21-/m0/s1. The third-order valence-electron chi connectivity index (χ3n) is 4.75. The quantitative estimate of drug-likeness (QED) is 0.160. The van der Waals surface area contributed by atoms with Crippen molar-refractivity contribution in [3.63, 3.8) is 0 Å². The van der Waals surface area contributed by atoms with Crippen LogP contribution in [-0.2, 0) is 57.2 Å². The van der Waals surface area contributed by atoms with Crippen LogP contribution in [0.15, 0.2) is 11.8 Å². The van der Waals surface area contributed by atoms with E-state index in [0.29, 0.717) is 6.41 Å². The first-order valence-corrected chi connectivity index (χ1v) is 11.0. The van der Waals surface area contributed by atoms with E-state index in [1.807, 2.05) is 0 Å². The fraction of sp³-hybridized carbons (Fsp3) is 0.591. The lowest BCUT2D eigenvalue weighted by Crippen LogP contribution is -2.65. The van der Waals surface area contributed by atoms with Crippen LogP contribution in [0.2, 0.25) is 0 Å². The molecule has 0 aromatic rings. The van der Waals surface area contributed by atoms with Crippen LogP contribution in [0.1, 0.15) is 27.7 Å². The van der Waals surface area contributed by atoms with Gasteiger partial charge >= 0.3 is 23.9 Å². The highest BCUT2D eigenvalue weighted by molar-refractivity contribution is 5.87. The van der Waals surface area contributed by atoms with Crippen LogP contribution in [0.3, 0.4) is 0 Å². The first kappa shape index (κ1) is 30.9. The molecule has 0 radical (unpaired) electrons. The zero-order valence-electron chi connectivity index (χ0n) is 21.3. The molecular formula is C22H31N3O12. The maximum Gasteiger partial charge on any atom is 0.373 e. The second-order valence-corrected chi connectivity index (χ2v) is 7.97. The Hall–Kier alpha value is -4.17. The average molecular weight is 529 g/mol. The van der Waals surface area contributed by atoms with E-state index in [4.69, 9.17) is 23.7 Å². The van der Waals surface area contributed by atoms with Gasteiger partial charge in [0, 0.05) is 34.7 Å². The lowest BCUT2D eigenvalue weighted by atomic mass is 9.91. The molecule has 15 nitrogen and oxygen atoms in total. The van der Waals surface area contributed by atoms with Gasteiger partial charge in [0.15, 0.2) is 18.3 Å². The number of ether oxygens (including phenoxy) is 5. The van der Waals surface area contributed by atoms with E-state index >= 15 is 0 Å². The van der Waals surface area contributed by atoms with Crippen molar-refractivity contribution in [3.8, 4) is 0 Å². The molecule has 206 valence electrons. The Morgan fingerprint density at radius 2 is 1.65 bits per heavy atom. The van der Waals surface area contributed by atoms with Crippen LogP contribution in [-0.4, -0.2) is 105 Å². The summed E-state index contributed by atoms with van der Waals surface area (Å²) in [5.74, 6) is -5.08. The molecule has 0 saturated carbocycles. The van der Waals surface area contributed by atoms with Crippen molar-refractivity contribution < 1.29 is 57.2 Å². The van der Waals surface area contributed by atoms with E-state index in [1.54, 1.807) is 0 Å². The average Bonchev–Trinajstić information content (AvgIpc) is 2.79. The van der Waals surface area contributed by atoms with Gasteiger partial charge in [-0.25, -0.2) is 4.79 Å². The van der Waals surface area contributed by atoms with Crippen molar-refractivity contribution in [2.75, 3.05) is 27.3 Å². The third kappa shape index (κ3) is 10.1. The number of hydrogen-bond donors (Lipinski definition) is 2. The molecule has 3 amide bonds. The Labute approximate surface area is 212 Å². The van der Waals surface area contributed by atoms with Crippen LogP contribution >= 0.6 is 0 Å². The Morgan fingerprint density at radius 3 is 2.14 bits per heavy atom. The second kappa shape index (κ2) is 14.4. The minimum absolute atomic E-state index is 0.365. The number of likely N-dealkylation sites (N-methyl/N-ethyl adjacent to an activating group) is 1. The number of carbonyl (C=O) groups is 7. The molecule has 0 bridgehead atoms.